The molecule has 0 unspecified atom stereocenters. The number of rotatable bonds is 11. The molecule has 2 saturated carbocycles. The van der Waals surface area contributed by atoms with Gasteiger partial charge in [-0.25, -0.2) is 0 Å². The van der Waals surface area contributed by atoms with Crippen LogP contribution >= 0.6 is 0 Å². The fraction of sp³-hybridized carbons (Fsp3) is 0.913. The molecule has 2 rings (SSSR count). The summed E-state index contributed by atoms with van der Waals surface area (Å²) in [6, 6.07) is 0. The Kier molecular flexibility index (Phi) is 11.0. The zero-order valence-corrected chi connectivity index (χ0v) is 18.8. The van der Waals surface area contributed by atoms with Gasteiger partial charge in [0.25, 0.3) is 0 Å². The third-order valence-electron chi connectivity index (χ3n) is 6.34. The minimum atomic E-state index is -0.0391. The van der Waals surface area contributed by atoms with Gasteiger partial charge in [0.1, 0.15) is 13.2 Å². The van der Waals surface area contributed by atoms with Crippen LogP contribution in [0, 0.1) is 11.8 Å². The Hall–Kier alpha value is -1.14. The van der Waals surface area contributed by atoms with E-state index >= 15 is 0 Å². The maximum Gasteiger partial charge on any atom is 0.248 e. The first-order valence-corrected chi connectivity index (χ1v) is 11.7. The van der Waals surface area contributed by atoms with Crippen molar-refractivity contribution in [2.24, 2.45) is 11.8 Å². The van der Waals surface area contributed by atoms with E-state index in [1.54, 1.807) is 4.90 Å². The molecule has 2 aliphatic rings. The van der Waals surface area contributed by atoms with Gasteiger partial charge in [-0.2, -0.15) is 0 Å². The summed E-state index contributed by atoms with van der Waals surface area (Å²) < 4.78 is 11.6. The molecule has 0 aliphatic heterocycles. The summed E-state index contributed by atoms with van der Waals surface area (Å²) >= 11 is 0. The van der Waals surface area contributed by atoms with E-state index < -0.39 is 0 Å². The highest BCUT2D eigenvalue weighted by molar-refractivity contribution is 5.77. The Morgan fingerprint density at radius 2 is 1.48 bits per heavy atom. The molecule has 0 bridgehead atoms. The summed E-state index contributed by atoms with van der Waals surface area (Å²) in [6.07, 6.45) is 11.4. The highest BCUT2D eigenvalue weighted by Gasteiger charge is 2.21. The van der Waals surface area contributed by atoms with Crippen LogP contribution in [0.1, 0.15) is 78.1 Å². The molecule has 2 fully saturated rings. The monoisotopic (exact) mass is 410 g/mol. The number of unbranched alkanes of at least 4 members (excludes halogenated alkanes) is 1. The second kappa shape index (κ2) is 13.2. The van der Waals surface area contributed by atoms with Crippen LogP contribution < -0.4 is 5.32 Å². The van der Waals surface area contributed by atoms with Gasteiger partial charge in [0.05, 0.1) is 12.2 Å². The van der Waals surface area contributed by atoms with Gasteiger partial charge in [0.15, 0.2) is 0 Å². The molecule has 2 aliphatic carbocycles. The smallest absolute Gasteiger partial charge is 0.248 e. The maximum absolute atomic E-state index is 12.2. The van der Waals surface area contributed by atoms with Crippen molar-refractivity contribution in [3.63, 3.8) is 0 Å². The minimum Gasteiger partial charge on any atom is -0.368 e. The molecule has 1 N–H and O–H groups in total. The Morgan fingerprint density at radius 1 is 0.897 bits per heavy atom. The quantitative estimate of drug-likeness (QED) is 0.529. The van der Waals surface area contributed by atoms with Crippen molar-refractivity contribution in [1.82, 2.24) is 10.2 Å². The second-order valence-corrected chi connectivity index (χ2v) is 9.28. The van der Waals surface area contributed by atoms with Crippen molar-refractivity contribution in [3.05, 3.63) is 0 Å². The zero-order valence-electron chi connectivity index (χ0n) is 18.8. The first-order valence-electron chi connectivity index (χ1n) is 11.7. The fourth-order valence-electron chi connectivity index (χ4n) is 4.43. The largest absolute Gasteiger partial charge is 0.368 e. The summed E-state index contributed by atoms with van der Waals surface area (Å²) in [5.41, 5.74) is 0. The Bertz CT molecular complexity index is 499. The maximum atomic E-state index is 12.2. The van der Waals surface area contributed by atoms with Gasteiger partial charge in [0, 0.05) is 20.1 Å². The van der Waals surface area contributed by atoms with E-state index in [2.05, 4.69) is 19.2 Å². The van der Waals surface area contributed by atoms with Gasteiger partial charge < -0.3 is 19.7 Å². The van der Waals surface area contributed by atoms with Crippen molar-refractivity contribution < 1.29 is 19.1 Å². The molecule has 0 aromatic rings. The lowest BCUT2D eigenvalue weighted by Crippen LogP contribution is -2.34. The van der Waals surface area contributed by atoms with E-state index in [-0.39, 0.29) is 37.2 Å². The molecule has 2 amide bonds. The molecule has 4 atom stereocenters. The topological polar surface area (TPSA) is 67.9 Å². The van der Waals surface area contributed by atoms with Crippen LogP contribution in [0.4, 0.5) is 0 Å². The number of carbonyl (C=O) groups is 2. The normalized spacial score (nSPS) is 27.4. The van der Waals surface area contributed by atoms with E-state index in [4.69, 9.17) is 9.47 Å². The number of amides is 2. The molecule has 6 heteroatoms. The molecule has 29 heavy (non-hydrogen) atoms. The van der Waals surface area contributed by atoms with Gasteiger partial charge in [-0.05, 0) is 50.4 Å². The second-order valence-electron chi connectivity index (χ2n) is 9.28. The first kappa shape index (κ1) is 24.1. The summed E-state index contributed by atoms with van der Waals surface area (Å²) in [6.45, 7) is 6.16. The molecule has 168 valence electrons. The van der Waals surface area contributed by atoms with Crippen molar-refractivity contribution in [3.8, 4) is 0 Å². The minimum absolute atomic E-state index is 0.0391. The van der Waals surface area contributed by atoms with Crippen LogP contribution in [0.2, 0.25) is 0 Å². The predicted octanol–water partition coefficient (Wildman–Crippen LogP) is 3.53. The van der Waals surface area contributed by atoms with Crippen LogP contribution in [0.25, 0.3) is 0 Å². The Labute approximate surface area is 177 Å². The number of nitrogens with one attached hydrogen (secondary N) is 1. The molecule has 0 aromatic heterocycles. The van der Waals surface area contributed by atoms with Crippen LogP contribution in [0.3, 0.4) is 0 Å². The van der Waals surface area contributed by atoms with Crippen LogP contribution in [-0.2, 0) is 19.1 Å². The number of nitrogens with zero attached hydrogens (tertiary/aromatic N) is 1. The molecule has 0 spiro atoms. The summed E-state index contributed by atoms with van der Waals surface area (Å²) in [7, 11) is 1.83. The SMILES string of the molecule is C[C@@H]1CCC[C@H](OCC(=O)NCCCCN(C)C(=O)CO[C@H]2CCC[C@@H](C)C2)C1. The third-order valence-corrected chi connectivity index (χ3v) is 6.34. The first-order chi connectivity index (χ1) is 13.9. The van der Waals surface area contributed by atoms with Gasteiger partial charge in [-0.15, -0.1) is 0 Å². The van der Waals surface area contributed by atoms with Crippen molar-refractivity contribution in [1.29, 1.82) is 0 Å². The lowest BCUT2D eigenvalue weighted by Gasteiger charge is -2.27. The van der Waals surface area contributed by atoms with E-state index in [1.165, 1.54) is 25.7 Å². The van der Waals surface area contributed by atoms with E-state index in [0.717, 1.165) is 38.5 Å². The van der Waals surface area contributed by atoms with Crippen molar-refractivity contribution >= 4 is 11.8 Å². The van der Waals surface area contributed by atoms with Crippen LogP contribution in [0.5, 0.6) is 0 Å². The number of ether oxygens (including phenoxy) is 2. The van der Waals surface area contributed by atoms with E-state index in [0.29, 0.717) is 24.9 Å². The summed E-state index contributed by atoms with van der Waals surface area (Å²) in [4.78, 5) is 25.9. The highest BCUT2D eigenvalue weighted by atomic mass is 16.5. The van der Waals surface area contributed by atoms with Crippen LogP contribution in [0.15, 0.2) is 0 Å². The van der Waals surface area contributed by atoms with Gasteiger partial charge in [-0.3, -0.25) is 9.59 Å². The lowest BCUT2D eigenvalue weighted by molar-refractivity contribution is -0.138. The predicted molar refractivity (Wildman–Crippen MR) is 115 cm³/mol. The van der Waals surface area contributed by atoms with Crippen LogP contribution in [-0.4, -0.2) is 62.3 Å². The van der Waals surface area contributed by atoms with Crippen molar-refractivity contribution in [2.75, 3.05) is 33.4 Å². The summed E-state index contributed by atoms with van der Waals surface area (Å²) in [5.74, 6) is 1.41. The number of carbonyl (C=O) groups excluding carboxylic acids is 2. The highest BCUT2D eigenvalue weighted by Crippen LogP contribution is 2.26. The van der Waals surface area contributed by atoms with Gasteiger partial charge >= 0.3 is 0 Å². The average molecular weight is 411 g/mol. The van der Waals surface area contributed by atoms with E-state index in [9.17, 15) is 9.59 Å². The molecular weight excluding hydrogens is 368 g/mol. The molecule has 0 heterocycles. The lowest BCUT2D eigenvalue weighted by atomic mass is 9.89. The molecular formula is C23H42N2O4. The number of hydrogen-bond donors (Lipinski definition) is 1. The summed E-state index contributed by atoms with van der Waals surface area (Å²) in [5, 5.41) is 2.92. The van der Waals surface area contributed by atoms with Crippen molar-refractivity contribution in [2.45, 2.75) is 90.3 Å². The molecule has 0 radical (unpaired) electrons. The number of hydrogen-bond acceptors (Lipinski definition) is 4. The average Bonchev–Trinajstić information content (AvgIpc) is 2.70. The fourth-order valence-corrected chi connectivity index (χ4v) is 4.43. The molecule has 0 saturated heterocycles. The molecule has 0 aromatic carbocycles. The van der Waals surface area contributed by atoms with Gasteiger partial charge in [0.2, 0.25) is 11.8 Å². The van der Waals surface area contributed by atoms with E-state index in [1.807, 2.05) is 7.05 Å². The van der Waals surface area contributed by atoms with Gasteiger partial charge in [-0.1, -0.05) is 39.5 Å². The number of likely N-dealkylation sites (N-methyl/N-ethyl adjacent to an activating group) is 1. The Morgan fingerprint density at radius 3 is 2.07 bits per heavy atom. The Balaban J connectivity index is 1.46. The molecule has 6 nitrogen and oxygen atoms in total. The zero-order chi connectivity index (χ0) is 21.1. The third kappa shape index (κ3) is 9.94. The standard InChI is InChI=1S/C23H42N2O4/c1-18-8-6-10-20(14-18)28-16-22(26)24-12-4-5-13-25(3)23(27)17-29-21-11-7-9-19(2)15-21/h18-21H,4-17H2,1-3H3,(H,24,26)/t18-,19-,20+,21+/m1/s1.